The Morgan fingerprint density at radius 3 is 2.63 bits per heavy atom. The minimum absolute atomic E-state index is 0.0404. The summed E-state index contributed by atoms with van der Waals surface area (Å²) >= 11 is 5.80. The summed E-state index contributed by atoms with van der Waals surface area (Å²) < 4.78 is 7.27. The Labute approximate surface area is 207 Å². The molecule has 176 valence electrons. The normalized spacial score (nSPS) is 17.3. The van der Waals surface area contributed by atoms with Crippen LogP contribution >= 0.6 is 12.2 Å². The fraction of sp³-hybridized carbons (Fsp3) is 0.154. The van der Waals surface area contributed by atoms with Crippen LogP contribution < -0.4 is 10.1 Å². The van der Waals surface area contributed by atoms with Gasteiger partial charge in [0.2, 0.25) is 0 Å². The van der Waals surface area contributed by atoms with Crippen molar-refractivity contribution in [1.82, 2.24) is 19.8 Å². The summed E-state index contributed by atoms with van der Waals surface area (Å²) in [6, 6.07) is 23.9. The maximum Gasteiger partial charge on any atom is 0.271 e. The first-order chi connectivity index (χ1) is 17.0. The van der Waals surface area contributed by atoms with Crippen molar-refractivity contribution < 1.29 is 9.66 Å². The lowest BCUT2D eigenvalue weighted by Gasteiger charge is -2.29. The maximum atomic E-state index is 11.4. The molecule has 1 aliphatic heterocycles. The van der Waals surface area contributed by atoms with Gasteiger partial charge in [0.05, 0.1) is 35.5 Å². The van der Waals surface area contributed by atoms with E-state index in [9.17, 15) is 10.1 Å². The van der Waals surface area contributed by atoms with Gasteiger partial charge in [-0.25, -0.2) is 0 Å². The van der Waals surface area contributed by atoms with E-state index < -0.39 is 0 Å². The number of nitrogens with one attached hydrogen (secondary N) is 1. The van der Waals surface area contributed by atoms with Gasteiger partial charge in [-0.05, 0) is 60.2 Å². The van der Waals surface area contributed by atoms with E-state index >= 15 is 0 Å². The molecule has 0 bridgehead atoms. The Morgan fingerprint density at radius 1 is 1.09 bits per heavy atom. The Bertz CT molecular complexity index is 1360. The van der Waals surface area contributed by atoms with Crippen molar-refractivity contribution in [3.05, 3.63) is 118 Å². The quantitative estimate of drug-likeness (QED) is 0.225. The standard InChI is InChI=1S/C26H23N5O3S/c1-34-21-12-10-18(11-13-21)17-30-25(24(28-26(30)35)22-8-2-3-14-27-22)23-9-5-15-29(23)19-6-4-7-20(16-19)31(32)33/h2-16,24-25H,17H2,1H3,(H,28,35)/t24-,25-/m0/s1. The first kappa shape index (κ1) is 22.5. The maximum absolute atomic E-state index is 11.4. The molecule has 1 fully saturated rings. The Morgan fingerprint density at radius 2 is 1.91 bits per heavy atom. The lowest BCUT2D eigenvalue weighted by molar-refractivity contribution is -0.384. The number of aromatic nitrogens is 2. The van der Waals surface area contributed by atoms with Gasteiger partial charge in [0.1, 0.15) is 5.75 Å². The highest BCUT2D eigenvalue weighted by molar-refractivity contribution is 7.80. The SMILES string of the molecule is COc1ccc(CN2C(=S)N[C@@H](c3ccccn3)[C@@H]2c2cccn2-c2cccc([N+](=O)[O-])c2)cc1. The van der Waals surface area contributed by atoms with Crippen molar-refractivity contribution in [3.63, 3.8) is 0 Å². The van der Waals surface area contributed by atoms with Crippen LogP contribution in [0.4, 0.5) is 5.69 Å². The van der Waals surface area contributed by atoms with Crippen LogP contribution in [-0.4, -0.2) is 31.6 Å². The van der Waals surface area contributed by atoms with Crippen LogP contribution in [0.15, 0.2) is 91.3 Å². The highest BCUT2D eigenvalue weighted by Gasteiger charge is 2.41. The number of nitro groups is 1. The summed E-state index contributed by atoms with van der Waals surface area (Å²) in [5, 5.41) is 15.5. The van der Waals surface area contributed by atoms with Gasteiger partial charge in [0.25, 0.3) is 5.69 Å². The smallest absolute Gasteiger partial charge is 0.271 e. The third-order valence-electron chi connectivity index (χ3n) is 6.11. The molecule has 4 aromatic rings. The number of nitro benzene ring substituents is 1. The second-order valence-corrected chi connectivity index (χ2v) is 8.57. The molecule has 0 spiro atoms. The molecule has 3 heterocycles. The van der Waals surface area contributed by atoms with Crippen molar-refractivity contribution in [2.75, 3.05) is 7.11 Å². The third kappa shape index (κ3) is 4.45. The van der Waals surface area contributed by atoms with E-state index in [0.29, 0.717) is 17.3 Å². The molecule has 0 saturated carbocycles. The molecule has 2 atom stereocenters. The Kier molecular flexibility index (Phi) is 6.15. The van der Waals surface area contributed by atoms with Crippen molar-refractivity contribution in [2.45, 2.75) is 18.6 Å². The topological polar surface area (TPSA) is 85.5 Å². The van der Waals surface area contributed by atoms with Crippen molar-refractivity contribution >= 4 is 23.0 Å². The Balaban J connectivity index is 1.58. The number of hydrogen-bond acceptors (Lipinski definition) is 5. The van der Waals surface area contributed by atoms with Crippen molar-refractivity contribution in [3.8, 4) is 11.4 Å². The third-order valence-corrected chi connectivity index (χ3v) is 6.46. The minimum Gasteiger partial charge on any atom is -0.497 e. The van der Waals surface area contributed by atoms with E-state index in [2.05, 4.69) is 15.2 Å². The second kappa shape index (κ2) is 9.55. The Hall–Kier alpha value is -4.24. The number of benzene rings is 2. The summed E-state index contributed by atoms with van der Waals surface area (Å²) in [5.74, 6) is 0.790. The van der Waals surface area contributed by atoms with E-state index in [-0.39, 0.29) is 22.7 Å². The van der Waals surface area contributed by atoms with Gasteiger partial charge < -0.3 is 19.5 Å². The van der Waals surface area contributed by atoms with Gasteiger partial charge in [-0.1, -0.05) is 24.3 Å². The average Bonchev–Trinajstić information content (AvgIpc) is 3.49. The van der Waals surface area contributed by atoms with Crippen LogP contribution in [0.2, 0.25) is 0 Å². The summed E-state index contributed by atoms with van der Waals surface area (Å²) in [6.07, 6.45) is 3.68. The van der Waals surface area contributed by atoms with Crippen LogP contribution in [0.1, 0.15) is 29.0 Å². The average molecular weight is 486 g/mol. The zero-order chi connectivity index (χ0) is 24.4. The van der Waals surface area contributed by atoms with Crippen LogP contribution in [0.5, 0.6) is 5.75 Å². The number of pyridine rings is 1. The lowest BCUT2D eigenvalue weighted by atomic mass is 10.0. The molecule has 0 amide bonds. The summed E-state index contributed by atoms with van der Waals surface area (Å²) in [7, 11) is 1.64. The second-order valence-electron chi connectivity index (χ2n) is 8.18. The zero-order valence-electron chi connectivity index (χ0n) is 18.9. The first-order valence-corrected chi connectivity index (χ1v) is 11.5. The molecule has 8 nitrogen and oxygen atoms in total. The first-order valence-electron chi connectivity index (χ1n) is 11.1. The molecule has 2 aromatic carbocycles. The molecule has 1 saturated heterocycles. The van der Waals surface area contributed by atoms with Gasteiger partial charge in [-0.2, -0.15) is 0 Å². The number of ether oxygens (including phenoxy) is 1. The number of rotatable bonds is 7. The van der Waals surface area contributed by atoms with Gasteiger partial charge in [-0.15, -0.1) is 0 Å². The van der Waals surface area contributed by atoms with Crippen molar-refractivity contribution in [1.29, 1.82) is 0 Å². The highest BCUT2D eigenvalue weighted by Crippen LogP contribution is 2.40. The molecule has 5 rings (SSSR count). The van der Waals surface area contributed by atoms with E-state index in [1.165, 1.54) is 6.07 Å². The predicted molar refractivity (Wildman–Crippen MR) is 136 cm³/mol. The summed E-state index contributed by atoms with van der Waals surface area (Å²) in [4.78, 5) is 17.7. The number of non-ortho nitro benzene ring substituents is 1. The van der Waals surface area contributed by atoms with Crippen LogP contribution in [0, 0.1) is 10.1 Å². The number of hydrogen-bond donors (Lipinski definition) is 1. The van der Waals surface area contributed by atoms with Gasteiger partial charge in [0.15, 0.2) is 5.11 Å². The zero-order valence-corrected chi connectivity index (χ0v) is 19.8. The highest BCUT2D eigenvalue weighted by atomic mass is 32.1. The van der Waals surface area contributed by atoms with Gasteiger partial charge in [-0.3, -0.25) is 15.1 Å². The number of thiocarbonyl (C=S) groups is 1. The molecule has 0 aliphatic carbocycles. The van der Waals surface area contributed by atoms with Gasteiger partial charge >= 0.3 is 0 Å². The summed E-state index contributed by atoms with van der Waals surface area (Å²) in [5.41, 5.74) is 3.64. The molecular formula is C26H23N5O3S. The molecule has 1 aliphatic rings. The van der Waals surface area contributed by atoms with E-state index in [0.717, 1.165) is 22.7 Å². The van der Waals surface area contributed by atoms with E-state index in [1.54, 1.807) is 25.4 Å². The fourth-order valence-electron chi connectivity index (χ4n) is 4.45. The monoisotopic (exact) mass is 485 g/mol. The molecule has 1 N–H and O–H groups in total. The van der Waals surface area contributed by atoms with Gasteiger partial charge in [0, 0.05) is 36.8 Å². The molecule has 0 radical (unpaired) electrons. The molecular weight excluding hydrogens is 462 g/mol. The summed E-state index contributed by atoms with van der Waals surface area (Å²) in [6.45, 7) is 0.573. The molecule has 0 unspecified atom stereocenters. The van der Waals surface area contributed by atoms with Crippen LogP contribution in [0.3, 0.4) is 0 Å². The molecule has 35 heavy (non-hydrogen) atoms. The largest absolute Gasteiger partial charge is 0.497 e. The molecule has 9 heteroatoms. The van der Waals surface area contributed by atoms with E-state index in [1.807, 2.05) is 71.4 Å². The van der Waals surface area contributed by atoms with Crippen LogP contribution in [0.25, 0.3) is 5.69 Å². The van der Waals surface area contributed by atoms with E-state index in [4.69, 9.17) is 17.0 Å². The fourth-order valence-corrected chi connectivity index (χ4v) is 4.76. The van der Waals surface area contributed by atoms with Crippen LogP contribution in [-0.2, 0) is 6.54 Å². The number of nitrogens with zero attached hydrogens (tertiary/aromatic N) is 4. The lowest BCUT2D eigenvalue weighted by Crippen LogP contribution is -2.30. The predicted octanol–water partition coefficient (Wildman–Crippen LogP) is 4.96. The minimum atomic E-state index is -0.383. The number of methoxy groups -OCH3 is 1. The molecule has 2 aromatic heterocycles. The van der Waals surface area contributed by atoms with Crippen molar-refractivity contribution in [2.24, 2.45) is 0 Å².